The topological polar surface area (TPSA) is 102 Å². The Labute approximate surface area is 200 Å². The van der Waals surface area contributed by atoms with E-state index in [1.807, 2.05) is 18.2 Å². The maximum Gasteiger partial charge on any atom is 0.256 e. The lowest BCUT2D eigenvalue weighted by Crippen LogP contribution is -2.40. The second kappa shape index (κ2) is 11.9. The highest BCUT2D eigenvalue weighted by Crippen LogP contribution is 2.17. The summed E-state index contributed by atoms with van der Waals surface area (Å²) in [4.78, 5) is 43.7. The summed E-state index contributed by atoms with van der Waals surface area (Å²) in [7, 11) is 0. The van der Waals surface area contributed by atoms with E-state index in [0.717, 1.165) is 44.2 Å². The van der Waals surface area contributed by atoms with Gasteiger partial charge in [0.25, 0.3) is 11.8 Å². The van der Waals surface area contributed by atoms with Gasteiger partial charge in [0, 0.05) is 37.8 Å². The summed E-state index contributed by atoms with van der Waals surface area (Å²) in [6.07, 6.45) is 14.1. The number of ether oxygens (including phenoxy) is 1. The largest absolute Gasteiger partial charge is 0.376 e. The average Bonchev–Trinajstić information content (AvgIpc) is 3.34. The third-order valence-corrected chi connectivity index (χ3v) is 6.59. The third-order valence-electron chi connectivity index (χ3n) is 6.59. The first-order chi connectivity index (χ1) is 16.6. The second-order valence-electron chi connectivity index (χ2n) is 9.27. The van der Waals surface area contributed by atoms with E-state index in [-0.39, 0.29) is 23.3 Å². The first-order valence-corrected chi connectivity index (χ1v) is 12.4. The first-order valence-electron chi connectivity index (χ1n) is 12.4. The van der Waals surface area contributed by atoms with Crippen LogP contribution >= 0.6 is 0 Å². The van der Waals surface area contributed by atoms with Crippen molar-refractivity contribution in [2.75, 3.05) is 13.2 Å². The maximum atomic E-state index is 13.2. The number of amides is 2. The minimum atomic E-state index is -0.551. The molecule has 0 unspecified atom stereocenters. The van der Waals surface area contributed by atoms with Crippen molar-refractivity contribution in [3.63, 3.8) is 0 Å². The number of hydrogen-bond acceptors (Lipinski definition) is 5. The molecule has 2 aliphatic rings. The SMILES string of the molecule is O=C(NC[C@H]1CCCO1)c1cn(Cc2ccccn2)cc(C(=O)NC2CCCCCCC2)c1=O. The molecule has 0 bridgehead atoms. The molecule has 182 valence electrons. The van der Waals surface area contributed by atoms with Crippen molar-refractivity contribution in [1.82, 2.24) is 20.2 Å². The Morgan fingerprint density at radius 1 is 0.971 bits per heavy atom. The number of pyridine rings is 2. The molecule has 3 heterocycles. The summed E-state index contributed by atoms with van der Waals surface area (Å²) < 4.78 is 7.26. The zero-order chi connectivity index (χ0) is 23.8. The van der Waals surface area contributed by atoms with Crippen LogP contribution in [0.25, 0.3) is 0 Å². The lowest BCUT2D eigenvalue weighted by molar-refractivity contribution is 0.0856. The zero-order valence-electron chi connectivity index (χ0n) is 19.6. The standard InChI is InChI=1S/C26H34N4O4/c31-24-22(25(32)28-15-21-12-8-14-34-21)17-30(16-20-11-6-7-13-27-20)18-23(24)26(33)29-19-9-4-2-1-3-5-10-19/h6-7,11,13,17-19,21H,1-5,8-10,12,14-16H2,(H,28,32)(H,29,33)/t21-/m1/s1. The van der Waals surface area contributed by atoms with Gasteiger partial charge in [-0.15, -0.1) is 0 Å². The monoisotopic (exact) mass is 466 g/mol. The Balaban J connectivity index is 1.57. The van der Waals surface area contributed by atoms with E-state index in [4.69, 9.17) is 4.74 Å². The van der Waals surface area contributed by atoms with Crippen molar-refractivity contribution in [2.45, 2.75) is 76.5 Å². The molecule has 1 aliphatic carbocycles. The highest BCUT2D eigenvalue weighted by atomic mass is 16.5. The van der Waals surface area contributed by atoms with E-state index >= 15 is 0 Å². The predicted octanol–water partition coefficient (Wildman–Crippen LogP) is 3.04. The maximum absolute atomic E-state index is 13.2. The molecule has 0 radical (unpaired) electrons. The van der Waals surface area contributed by atoms with Crippen molar-refractivity contribution >= 4 is 11.8 Å². The van der Waals surface area contributed by atoms with Crippen LogP contribution in [0, 0.1) is 0 Å². The quantitative estimate of drug-likeness (QED) is 0.653. The number of carbonyl (C=O) groups excluding carboxylic acids is 2. The van der Waals surface area contributed by atoms with E-state index in [1.165, 1.54) is 31.7 Å². The van der Waals surface area contributed by atoms with Gasteiger partial charge < -0.3 is 19.9 Å². The molecule has 2 N–H and O–H groups in total. The number of aromatic nitrogens is 2. The Hall–Kier alpha value is -3.00. The van der Waals surface area contributed by atoms with E-state index < -0.39 is 17.2 Å². The van der Waals surface area contributed by atoms with Gasteiger partial charge in [-0.25, -0.2) is 0 Å². The van der Waals surface area contributed by atoms with Gasteiger partial charge in [0.2, 0.25) is 5.43 Å². The molecule has 34 heavy (non-hydrogen) atoms. The van der Waals surface area contributed by atoms with E-state index in [2.05, 4.69) is 15.6 Å². The molecule has 0 spiro atoms. The van der Waals surface area contributed by atoms with Crippen LogP contribution in [0.3, 0.4) is 0 Å². The van der Waals surface area contributed by atoms with E-state index in [1.54, 1.807) is 10.8 Å². The molecule has 0 aromatic carbocycles. The molecule has 2 fully saturated rings. The van der Waals surface area contributed by atoms with Gasteiger partial charge in [-0.1, -0.05) is 38.2 Å². The van der Waals surface area contributed by atoms with Crippen molar-refractivity contribution in [1.29, 1.82) is 0 Å². The van der Waals surface area contributed by atoms with Crippen LogP contribution in [0.4, 0.5) is 0 Å². The van der Waals surface area contributed by atoms with Gasteiger partial charge in [-0.3, -0.25) is 19.4 Å². The Kier molecular flexibility index (Phi) is 8.46. The van der Waals surface area contributed by atoms with Gasteiger partial charge >= 0.3 is 0 Å². The van der Waals surface area contributed by atoms with E-state index in [0.29, 0.717) is 19.7 Å². The number of nitrogens with one attached hydrogen (secondary N) is 2. The Morgan fingerprint density at radius 3 is 2.38 bits per heavy atom. The molecular weight excluding hydrogens is 432 g/mol. The van der Waals surface area contributed by atoms with Gasteiger partial charge in [0.05, 0.1) is 18.3 Å². The van der Waals surface area contributed by atoms with Gasteiger partial charge in [0.1, 0.15) is 11.1 Å². The van der Waals surface area contributed by atoms with Gasteiger partial charge in [-0.05, 0) is 37.8 Å². The summed E-state index contributed by atoms with van der Waals surface area (Å²) in [5, 5.41) is 5.87. The summed E-state index contributed by atoms with van der Waals surface area (Å²) in [6.45, 7) is 1.38. The lowest BCUT2D eigenvalue weighted by atomic mass is 9.96. The number of hydrogen-bond donors (Lipinski definition) is 2. The molecule has 4 rings (SSSR count). The average molecular weight is 467 g/mol. The minimum Gasteiger partial charge on any atom is -0.376 e. The first kappa shape index (κ1) is 24.1. The molecule has 2 aromatic heterocycles. The Bertz CT molecular complexity index is 1020. The van der Waals surface area contributed by atoms with Crippen LogP contribution < -0.4 is 16.1 Å². The minimum absolute atomic E-state index is 0.0113. The summed E-state index contributed by atoms with van der Waals surface area (Å²) in [5.41, 5.74) is 0.163. The van der Waals surface area contributed by atoms with Crippen LogP contribution in [0.5, 0.6) is 0 Å². The molecule has 1 aliphatic heterocycles. The molecule has 8 nitrogen and oxygen atoms in total. The van der Waals surface area contributed by atoms with Crippen molar-refractivity contribution in [3.8, 4) is 0 Å². The van der Waals surface area contributed by atoms with Crippen molar-refractivity contribution in [2.24, 2.45) is 0 Å². The lowest BCUT2D eigenvalue weighted by Gasteiger charge is -2.21. The summed E-state index contributed by atoms with van der Waals surface area (Å²) in [5.74, 6) is -0.907. The van der Waals surface area contributed by atoms with Gasteiger partial charge in [-0.2, -0.15) is 0 Å². The van der Waals surface area contributed by atoms with Gasteiger partial charge in [0.15, 0.2) is 0 Å². The molecule has 2 amide bonds. The summed E-state index contributed by atoms with van der Waals surface area (Å²) >= 11 is 0. The predicted molar refractivity (Wildman–Crippen MR) is 129 cm³/mol. The number of rotatable bonds is 7. The molecular formula is C26H34N4O4. The molecule has 1 atom stereocenters. The fourth-order valence-corrected chi connectivity index (χ4v) is 4.70. The summed E-state index contributed by atoms with van der Waals surface area (Å²) in [6, 6.07) is 5.62. The molecule has 1 saturated carbocycles. The number of nitrogens with zero attached hydrogens (tertiary/aromatic N) is 2. The highest BCUT2D eigenvalue weighted by Gasteiger charge is 2.23. The molecule has 8 heteroatoms. The third kappa shape index (κ3) is 6.53. The highest BCUT2D eigenvalue weighted by molar-refractivity contribution is 5.99. The Morgan fingerprint density at radius 2 is 1.71 bits per heavy atom. The smallest absolute Gasteiger partial charge is 0.256 e. The zero-order valence-corrected chi connectivity index (χ0v) is 19.6. The van der Waals surface area contributed by atoms with Crippen LogP contribution in [0.2, 0.25) is 0 Å². The molecule has 2 aromatic rings. The van der Waals surface area contributed by atoms with Crippen molar-refractivity contribution < 1.29 is 14.3 Å². The van der Waals surface area contributed by atoms with Crippen molar-refractivity contribution in [3.05, 3.63) is 63.8 Å². The van der Waals surface area contributed by atoms with Crippen LogP contribution in [-0.4, -0.2) is 46.7 Å². The molecule has 1 saturated heterocycles. The second-order valence-corrected chi connectivity index (χ2v) is 9.27. The fourth-order valence-electron chi connectivity index (χ4n) is 4.70. The van der Waals surface area contributed by atoms with Crippen LogP contribution in [0.15, 0.2) is 41.6 Å². The van der Waals surface area contributed by atoms with Crippen LogP contribution in [-0.2, 0) is 11.3 Å². The van der Waals surface area contributed by atoms with E-state index in [9.17, 15) is 14.4 Å². The number of carbonyl (C=O) groups is 2. The normalized spacial score (nSPS) is 19.2. The fraction of sp³-hybridized carbons (Fsp3) is 0.538. The van der Waals surface area contributed by atoms with Crippen LogP contribution in [0.1, 0.15) is 84.2 Å².